The van der Waals surface area contributed by atoms with Crippen LogP contribution in [0.15, 0.2) is 60.8 Å². The zero-order valence-electron chi connectivity index (χ0n) is 18.7. The molecule has 0 bridgehead atoms. The molecule has 0 spiro atoms. The average Bonchev–Trinajstić information content (AvgIpc) is 2.84. The second kappa shape index (κ2) is 10.3. The number of sulfonamides is 1. The third-order valence-corrected chi connectivity index (χ3v) is 7.57. The number of rotatable bonds is 5. The van der Waals surface area contributed by atoms with Gasteiger partial charge in [0.2, 0.25) is 10.0 Å². The predicted molar refractivity (Wildman–Crippen MR) is 136 cm³/mol. The van der Waals surface area contributed by atoms with E-state index in [9.17, 15) is 18.0 Å². The highest BCUT2D eigenvalue weighted by molar-refractivity contribution is 7.88. The zero-order chi connectivity index (χ0) is 25.2. The van der Waals surface area contributed by atoms with Crippen molar-refractivity contribution in [3.05, 3.63) is 82.0 Å². The molecule has 1 N–H and O–H groups in total. The van der Waals surface area contributed by atoms with Crippen molar-refractivity contribution in [1.29, 1.82) is 0 Å². The Labute approximate surface area is 213 Å². The summed E-state index contributed by atoms with van der Waals surface area (Å²) >= 11 is 12.7. The second-order valence-corrected chi connectivity index (χ2v) is 10.8. The van der Waals surface area contributed by atoms with Crippen molar-refractivity contribution in [2.45, 2.75) is 0 Å². The first-order chi connectivity index (χ1) is 16.6. The minimum Gasteiger partial charge on any atom is -0.336 e. The standard InChI is InChI=1S/C24H22Cl2N4O4S/c1-35(33,34)30-12-10-29(11-13-30)24(32)16-5-7-18(21(26)14-16)23(31)28-17-6-8-20(25)19(15-17)22-4-2-3-9-27-22/h2-9,14-15H,10-13H2,1H3,(H,28,31). The Morgan fingerprint density at radius 1 is 0.943 bits per heavy atom. The fourth-order valence-corrected chi connectivity index (χ4v) is 5.06. The first-order valence-corrected chi connectivity index (χ1v) is 13.3. The Morgan fingerprint density at radius 3 is 2.31 bits per heavy atom. The van der Waals surface area contributed by atoms with Gasteiger partial charge in [0, 0.05) is 49.2 Å². The van der Waals surface area contributed by atoms with Crippen LogP contribution in [0.25, 0.3) is 11.3 Å². The maximum Gasteiger partial charge on any atom is 0.257 e. The summed E-state index contributed by atoms with van der Waals surface area (Å²) in [5, 5.41) is 3.43. The van der Waals surface area contributed by atoms with E-state index in [1.165, 1.54) is 22.5 Å². The first kappa shape index (κ1) is 25.1. The lowest BCUT2D eigenvalue weighted by Crippen LogP contribution is -2.50. The highest BCUT2D eigenvalue weighted by Gasteiger charge is 2.27. The van der Waals surface area contributed by atoms with Gasteiger partial charge in [-0.15, -0.1) is 0 Å². The van der Waals surface area contributed by atoms with Crippen LogP contribution < -0.4 is 5.32 Å². The van der Waals surface area contributed by atoms with Gasteiger partial charge in [-0.05, 0) is 48.5 Å². The molecule has 11 heteroatoms. The highest BCUT2D eigenvalue weighted by atomic mass is 35.5. The van der Waals surface area contributed by atoms with Gasteiger partial charge >= 0.3 is 0 Å². The Balaban J connectivity index is 1.46. The molecule has 2 heterocycles. The summed E-state index contributed by atoms with van der Waals surface area (Å²) in [5.41, 5.74) is 2.39. The number of halogens is 2. The van der Waals surface area contributed by atoms with Crippen molar-refractivity contribution in [2.24, 2.45) is 0 Å². The van der Waals surface area contributed by atoms with Crippen LogP contribution in [-0.2, 0) is 10.0 Å². The van der Waals surface area contributed by atoms with Gasteiger partial charge in [-0.2, -0.15) is 4.31 Å². The van der Waals surface area contributed by atoms with Crippen molar-refractivity contribution in [3.8, 4) is 11.3 Å². The third kappa shape index (κ3) is 5.82. The third-order valence-electron chi connectivity index (χ3n) is 5.62. The molecule has 0 aliphatic carbocycles. The Bertz CT molecular complexity index is 1380. The molecule has 4 rings (SSSR count). The summed E-state index contributed by atoms with van der Waals surface area (Å²) in [7, 11) is -3.29. The van der Waals surface area contributed by atoms with E-state index in [0.717, 1.165) is 6.26 Å². The van der Waals surface area contributed by atoms with Crippen molar-refractivity contribution in [2.75, 3.05) is 37.8 Å². The number of nitrogens with zero attached hydrogens (tertiary/aromatic N) is 3. The number of carbonyl (C=O) groups excluding carboxylic acids is 2. The molecule has 0 unspecified atom stereocenters. The van der Waals surface area contributed by atoms with E-state index in [1.54, 1.807) is 35.4 Å². The number of aromatic nitrogens is 1. The molecule has 1 aromatic heterocycles. The normalized spacial score (nSPS) is 14.5. The van der Waals surface area contributed by atoms with Gasteiger partial charge in [-0.1, -0.05) is 29.3 Å². The number of carbonyl (C=O) groups is 2. The van der Waals surface area contributed by atoms with Gasteiger partial charge < -0.3 is 10.2 Å². The number of anilines is 1. The number of nitrogens with one attached hydrogen (secondary N) is 1. The summed E-state index contributed by atoms with van der Waals surface area (Å²) in [6.07, 6.45) is 2.81. The van der Waals surface area contributed by atoms with Crippen molar-refractivity contribution < 1.29 is 18.0 Å². The molecule has 0 saturated carbocycles. The molecule has 2 amide bonds. The number of hydrogen-bond acceptors (Lipinski definition) is 5. The topological polar surface area (TPSA) is 99.7 Å². The van der Waals surface area contributed by atoms with Crippen LogP contribution in [0.4, 0.5) is 5.69 Å². The monoisotopic (exact) mass is 532 g/mol. The number of piperazine rings is 1. The summed E-state index contributed by atoms with van der Waals surface area (Å²) in [4.78, 5) is 31.6. The molecule has 35 heavy (non-hydrogen) atoms. The maximum absolute atomic E-state index is 12.9. The van der Waals surface area contributed by atoms with E-state index >= 15 is 0 Å². The lowest BCUT2D eigenvalue weighted by atomic mass is 10.1. The molecular formula is C24H22Cl2N4O4S. The van der Waals surface area contributed by atoms with Crippen LogP contribution in [0.5, 0.6) is 0 Å². The van der Waals surface area contributed by atoms with E-state index in [-0.39, 0.29) is 42.7 Å². The molecule has 1 saturated heterocycles. The van der Waals surface area contributed by atoms with E-state index in [0.29, 0.717) is 27.5 Å². The van der Waals surface area contributed by atoms with E-state index < -0.39 is 15.9 Å². The van der Waals surface area contributed by atoms with Crippen LogP contribution >= 0.6 is 23.2 Å². The molecular weight excluding hydrogens is 511 g/mol. The summed E-state index contributed by atoms with van der Waals surface area (Å²) in [5.74, 6) is -0.713. The van der Waals surface area contributed by atoms with Crippen molar-refractivity contribution >= 4 is 50.7 Å². The van der Waals surface area contributed by atoms with Crippen LogP contribution in [0.2, 0.25) is 10.0 Å². The molecule has 1 fully saturated rings. The van der Waals surface area contributed by atoms with E-state index in [2.05, 4.69) is 10.3 Å². The highest BCUT2D eigenvalue weighted by Crippen LogP contribution is 2.30. The van der Waals surface area contributed by atoms with E-state index in [1.807, 2.05) is 12.1 Å². The molecule has 1 aliphatic heterocycles. The predicted octanol–water partition coefficient (Wildman–Crippen LogP) is 4.03. The molecule has 2 aromatic carbocycles. The number of hydrogen-bond donors (Lipinski definition) is 1. The van der Waals surface area contributed by atoms with Crippen molar-refractivity contribution in [1.82, 2.24) is 14.2 Å². The average molecular weight is 533 g/mol. The molecule has 3 aromatic rings. The van der Waals surface area contributed by atoms with Gasteiger partial charge in [-0.25, -0.2) is 8.42 Å². The van der Waals surface area contributed by atoms with Crippen LogP contribution in [-0.4, -0.2) is 66.9 Å². The van der Waals surface area contributed by atoms with E-state index in [4.69, 9.17) is 23.2 Å². The van der Waals surface area contributed by atoms with Crippen LogP contribution in [0.3, 0.4) is 0 Å². The Kier molecular flexibility index (Phi) is 7.42. The molecule has 0 radical (unpaired) electrons. The molecule has 1 aliphatic rings. The van der Waals surface area contributed by atoms with Crippen LogP contribution in [0.1, 0.15) is 20.7 Å². The molecule has 0 atom stereocenters. The SMILES string of the molecule is CS(=O)(=O)N1CCN(C(=O)c2ccc(C(=O)Nc3ccc(Cl)c(-c4ccccn4)c3)c(Cl)c2)CC1. The van der Waals surface area contributed by atoms with Gasteiger partial charge in [-0.3, -0.25) is 14.6 Å². The van der Waals surface area contributed by atoms with Crippen molar-refractivity contribution in [3.63, 3.8) is 0 Å². The fourth-order valence-electron chi connectivity index (χ4n) is 3.76. The Hall–Kier alpha value is -2.98. The smallest absolute Gasteiger partial charge is 0.257 e. The minimum atomic E-state index is -3.29. The van der Waals surface area contributed by atoms with Gasteiger partial charge in [0.1, 0.15) is 0 Å². The van der Waals surface area contributed by atoms with Crippen LogP contribution in [0, 0.1) is 0 Å². The molecule has 8 nitrogen and oxygen atoms in total. The number of amides is 2. The summed E-state index contributed by atoms with van der Waals surface area (Å²) in [6, 6.07) is 15.0. The second-order valence-electron chi connectivity index (χ2n) is 8.01. The minimum absolute atomic E-state index is 0.127. The Morgan fingerprint density at radius 2 is 1.69 bits per heavy atom. The number of benzene rings is 2. The summed E-state index contributed by atoms with van der Waals surface area (Å²) in [6.45, 7) is 1.03. The summed E-state index contributed by atoms with van der Waals surface area (Å²) < 4.78 is 24.7. The van der Waals surface area contributed by atoms with Gasteiger partial charge in [0.25, 0.3) is 11.8 Å². The fraction of sp³-hybridized carbons (Fsp3) is 0.208. The quantitative estimate of drug-likeness (QED) is 0.534. The van der Waals surface area contributed by atoms with Gasteiger partial charge in [0.15, 0.2) is 0 Å². The lowest BCUT2D eigenvalue weighted by Gasteiger charge is -2.33. The zero-order valence-corrected chi connectivity index (χ0v) is 21.1. The van der Waals surface area contributed by atoms with Gasteiger partial charge in [0.05, 0.1) is 27.6 Å². The number of pyridine rings is 1. The largest absolute Gasteiger partial charge is 0.336 e. The maximum atomic E-state index is 12.9. The lowest BCUT2D eigenvalue weighted by molar-refractivity contribution is 0.0698. The molecule has 182 valence electrons. The first-order valence-electron chi connectivity index (χ1n) is 10.7.